The Kier molecular flexibility index (Phi) is 3.13. The van der Waals surface area contributed by atoms with Gasteiger partial charge < -0.3 is 16.0 Å². The second kappa shape index (κ2) is 4.97. The number of nitrogens with zero attached hydrogens (tertiary/aromatic N) is 2. The van der Waals surface area contributed by atoms with Crippen LogP contribution in [0.15, 0.2) is 30.6 Å². The van der Waals surface area contributed by atoms with Gasteiger partial charge in [-0.1, -0.05) is 6.92 Å². The Morgan fingerprint density at radius 1 is 1.48 bits per heavy atom. The number of carbonyl (C=O) groups excluding carboxylic acids is 1. The number of fused-ring (bicyclic) bond motifs is 1. The van der Waals surface area contributed by atoms with Gasteiger partial charge in [-0.15, -0.1) is 0 Å². The average Bonchev–Trinajstić information content (AvgIpc) is 3.01. The number of hydrogen-bond donors (Lipinski definition) is 3. The molecule has 0 saturated carbocycles. The molecule has 0 fully saturated rings. The summed E-state index contributed by atoms with van der Waals surface area (Å²) in [5, 5.41) is 8.08. The second-order valence-corrected chi connectivity index (χ2v) is 4.98. The van der Waals surface area contributed by atoms with E-state index in [9.17, 15) is 4.79 Å². The molecule has 2 heterocycles. The Hall–Kier alpha value is -2.76. The lowest BCUT2D eigenvalue weighted by molar-refractivity contribution is 0.102. The number of nitrogen functional groups attached to an aromatic ring is 1. The van der Waals surface area contributed by atoms with Gasteiger partial charge in [0, 0.05) is 36.0 Å². The summed E-state index contributed by atoms with van der Waals surface area (Å²) >= 11 is 0. The zero-order chi connectivity index (χ0) is 15.0. The first-order chi connectivity index (χ1) is 10.1. The van der Waals surface area contributed by atoms with Gasteiger partial charge in [-0.25, -0.2) is 0 Å². The molecule has 6 nitrogen and oxygen atoms in total. The number of rotatable bonds is 3. The highest BCUT2D eigenvalue weighted by Gasteiger charge is 2.15. The summed E-state index contributed by atoms with van der Waals surface area (Å²) in [6.45, 7) is 2.01. The van der Waals surface area contributed by atoms with Crippen molar-refractivity contribution in [2.75, 3.05) is 11.1 Å². The Morgan fingerprint density at radius 3 is 3.05 bits per heavy atom. The van der Waals surface area contributed by atoms with Crippen molar-refractivity contribution in [3.63, 3.8) is 0 Å². The second-order valence-electron chi connectivity index (χ2n) is 4.98. The van der Waals surface area contributed by atoms with Crippen molar-refractivity contribution in [1.82, 2.24) is 14.8 Å². The van der Waals surface area contributed by atoms with Crippen LogP contribution in [0.4, 0.5) is 11.4 Å². The molecule has 0 saturated heterocycles. The van der Waals surface area contributed by atoms with Crippen molar-refractivity contribution < 1.29 is 4.79 Å². The van der Waals surface area contributed by atoms with E-state index in [0.29, 0.717) is 11.3 Å². The van der Waals surface area contributed by atoms with E-state index in [1.807, 2.05) is 32.3 Å². The number of anilines is 2. The maximum absolute atomic E-state index is 12.5. The summed E-state index contributed by atoms with van der Waals surface area (Å²) in [7, 11) is 1.84. The highest BCUT2D eigenvalue weighted by atomic mass is 16.1. The summed E-state index contributed by atoms with van der Waals surface area (Å²) in [6, 6.07) is 5.45. The Morgan fingerprint density at radius 2 is 2.29 bits per heavy atom. The molecule has 0 aliphatic heterocycles. The van der Waals surface area contributed by atoms with E-state index in [-0.39, 0.29) is 5.91 Å². The van der Waals surface area contributed by atoms with Gasteiger partial charge in [0.2, 0.25) is 0 Å². The number of carbonyl (C=O) groups is 1. The van der Waals surface area contributed by atoms with E-state index < -0.39 is 0 Å². The molecule has 1 aromatic carbocycles. The van der Waals surface area contributed by atoms with Gasteiger partial charge in [0.1, 0.15) is 0 Å². The molecule has 0 radical (unpaired) electrons. The predicted molar refractivity (Wildman–Crippen MR) is 83.3 cm³/mol. The number of aromatic nitrogens is 3. The van der Waals surface area contributed by atoms with Gasteiger partial charge in [-0.3, -0.25) is 9.48 Å². The number of nitrogens with two attached hydrogens (primary N) is 1. The van der Waals surface area contributed by atoms with Crippen molar-refractivity contribution in [2.24, 2.45) is 7.05 Å². The van der Waals surface area contributed by atoms with Crippen molar-refractivity contribution >= 4 is 28.2 Å². The number of H-pyrrole nitrogens is 1. The Labute approximate surface area is 121 Å². The van der Waals surface area contributed by atoms with Crippen LogP contribution in [-0.4, -0.2) is 20.7 Å². The number of nitrogens with one attached hydrogen (secondary N) is 2. The lowest BCUT2D eigenvalue weighted by Crippen LogP contribution is -2.12. The fourth-order valence-corrected chi connectivity index (χ4v) is 2.42. The SMILES string of the molecule is CCc1nn(C)cc1NC(=O)c1c[nH]c2cc(N)ccc12. The summed E-state index contributed by atoms with van der Waals surface area (Å²) in [5.41, 5.74) is 9.46. The summed E-state index contributed by atoms with van der Waals surface area (Å²) in [6.07, 6.45) is 4.27. The maximum atomic E-state index is 12.5. The van der Waals surface area contributed by atoms with Gasteiger partial charge in [-0.05, 0) is 24.6 Å². The molecule has 0 aliphatic carbocycles. The van der Waals surface area contributed by atoms with E-state index in [1.165, 1.54) is 0 Å². The third kappa shape index (κ3) is 2.35. The predicted octanol–water partition coefficient (Wildman–Crippen LogP) is 2.30. The Balaban J connectivity index is 1.93. The standard InChI is InChI=1S/C15H17N5O/c1-3-12-14(8-20(2)19-12)18-15(21)11-7-17-13-6-9(16)4-5-10(11)13/h4-8,17H,3,16H2,1-2H3,(H,18,21). The minimum Gasteiger partial charge on any atom is -0.399 e. The summed E-state index contributed by atoms with van der Waals surface area (Å²) in [4.78, 5) is 15.5. The molecule has 4 N–H and O–H groups in total. The highest BCUT2D eigenvalue weighted by molar-refractivity contribution is 6.13. The van der Waals surface area contributed by atoms with Gasteiger partial charge in [0.15, 0.2) is 0 Å². The van der Waals surface area contributed by atoms with Crippen LogP contribution in [0.1, 0.15) is 23.0 Å². The molecular weight excluding hydrogens is 266 g/mol. The zero-order valence-corrected chi connectivity index (χ0v) is 12.0. The fourth-order valence-electron chi connectivity index (χ4n) is 2.42. The van der Waals surface area contributed by atoms with Gasteiger partial charge in [0.05, 0.1) is 16.9 Å². The van der Waals surface area contributed by atoms with Crippen LogP contribution >= 0.6 is 0 Å². The van der Waals surface area contributed by atoms with Crippen molar-refractivity contribution in [3.05, 3.63) is 41.9 Å². The maximum Gasteiger partial charge on any atom is 0.257 e. The van der Waals surface area contributed by atoms with E-state index in [2.05, 4.69) is 15.4 Å². The summed E-state index contributed by atoms with van der Waals surface area (Å²) < 4.78 is 1.70. The van der Waals surface area contributed by atoms with Gasteiger partial charge in [-0.2, -0.15) is 5.10 Å². The minimum absolute atomic E-state index is 0.159. The Bertz CT molecular complexity index is 815. The van der Waals surface area contributed by atoms with E-state index >= 15 is 0 Å². The molecule has 0 aliphatic rings. The van der Waals surface area contributed by atoms with Crippen LogP contribution in [-0.2, 0) is 13.5 Å². The van der Waals surface area contributed by atoms with Crippen LogP contribution in [0.5, 0.6) is 0 Å². The lowest BCUT2D eigenvalue weighted by Gasteiger charge is -2.03. The topological polar surface area (TPSA) is 88.7 Å². The van der Waals surface area contributed by atoms with Gasteiger partial charge >= 0.3 is 0 Å². The molecule has 0 spiro atoms. The first-order valence-corrected chi connectivity index (χ1v) is 6.79. The molecule has 3 rings (SSSR count). The number of aromatic amines is 1. The van der Waals surface area contributed by atoms with Crippen molar-refractivity contribution in [2.45, 2.75) is 13.3 Å². The lowest BCUT2D eigenvalue weighted by atomic mass is 10.1. The molecule has 1 amide bonds. The zero-order valence-electron chi connectivity index (χ0n) is 12.0. The minimum atomic E-state index is -0.159. The van der Waals surface area contributed by atoms with E-state index in [0.717, 1.165) is 28.7 Å². The smallest absolute Gasteiger partial charge is 0.257 e. The molecule has 2 aromatic heterocycles. The number of aryl methyl sites for hydroxylation is 2. The number of amides is 1. The number of hydrogen-bond acceptors (Lipinski definition) is 3. The van der Waals surface area contributed by atoms with Crippen molar-refractivity contribution in [3.8, 4) is 0 Å². The molecular formula is C15H17N5O. The normalized spacial score (nSPS) is 11.0. The van der Waals surface area contributed by atoms with E-state index in [1.54, 1.807) is 16.9 Å². The molecule has 0 bridgehead atoms. The molecule has 0 atom stereocenters. The van der Waals surface area contributed by atoms with Crippen molar-refractivity contribution in [1.29, 1.82) is 0 Å². The van der Waals surface area contributed by atoms with Crippen LogP contribution in [0.25, 0.3) is 10.9 Å². The van der Waals surface area contributed by atoms with Crippen LogP contribution in [0, 0.1) is 0 Å². The van der Waals surface area contributed by atoms with Crippen LogP contribution in [0.3, 0.4) is 0 Å². The molecule has 3 aromatic rings. The quantitative estimate of drug-likeness (QED) is 0.644. The third-order valence-corrected chi connectivity index (χ3v) is 3.44. The number of benzene rings is 1. The van der Waals surface area contributed by atoms with Crippen LogP contribution in [0.2, 0.25) is 0 Å². The fraction of sp³-hybridized carbons (Fsp3) is 0.200. The summed E-state index contributed by atoms with van der Waals surface area (Å²) in [5.74, 6) is -0.159. The third-order valence-electron chi connectivity index (χ3n) is 3.44. The molecule has 6 heteroatoms. The first-order valence-electron chi connectivity index (χ1n) is 6.79. The average molecular weight is 283 g/mol. The van der Waals surface area contributed by atoms with Crippen LogP contribution < -0.4 is 11.1 Å². The largest absolute Gasteiger partial charge is 0.399 e. The van der Waals surface area contributed by atoms with Gasteiger partial charge in [0.25, 0.3) is 5.91 Å². The molecule has 108 valence electrons. The molecule has 0 unspecified atom stereocenters. The van der Waals surface area contributed by atoms with E-state index in [4.69, 9.17) is 5.73 Å². The molecule has 21 heavy (non-hydrogen) atoms. The highest BCUT2D eigenvalue weighted by Crippen LogP contribution is 2.22. The first kappa shape index (κ1) is 13.2. The monoisotopic (exact) mass is 283 g/mol.